The Bertz CT molecular complexity index is 763. The van der Waals surface area contributed by atoms with Crippen molar-refractivity contribution in [2.75, 3.05) is 5.73 Å². The van der Waals surface area contributed by atoms with Gasteiger partial charge in [-0.2, -0.15) is 0 Å². The molecule has 2 aromatic rings. The van der Waals surface area contributed by atoms with Crippen molar-refractivity contribution in [1.29, 1.82) is 0 Å². The maximum Gasteiger partial charge on any atom is 0.260 e. The van der Waals surface area contributed by atoms with Gasteiger partial charge in [-0.3, -0.25) is 0 Å². The number of nitrogens with zero attached hydrogens (tertiary/aromatic N) is 1. The van der Waals surface area contributed by atoms with Crippen LogP contribution in [0, 0.1) is 12.7 Å². The monoisotopic (exact) mass is 309 g/mol. The Labute approximate surface area is 123 Å². The highest BCUT2D eigenvalue weighted by molar-refractivity contribution is 7.89. The zero-order valence-corrected chi connectivity index (χ0v) is 12.5. The molecule has 21 heavy (non-hydrogen) atoms. The predicted molar refractivity (Wildman–Crippen MR) is 78.5 cm³/mol. The van der Waals surface area contributed by atoms with Gasteiger partial charge in [0.1, 0.15) is 5.82 Å². The third kappa shape index (κ3) is 3.37. The van der Waals surface area contributed by atoms with Crippen LogP contribution in [-0.4, -0.2) is 13.4 Å². The first-order valence-electron chi connectivity index (χ1n) is 6.30. The standard InChI is InChI=1S/C14H16FN3O2S/c1-9-5-6-11(8-12(9)15)10(2)18-21(19,20)14-13(16)4-3-7-17-14/h3-8,10,18H,16H2,1-2H3. The van der Waals surface area contributed by atoms with Crippen LogP contribution in [-0.2, 0) is 10.0 Å². The molecule has 0 radical (unpaired) electrons. The number of pyridine rings is 1. The largest absolute Gasteiger partial charge is 0.396 e. The second kappa shape index (κ2) is 5.79. The summed E-state index contributed by atoms with van der Waals surface area (Å²) in [5.74, 6) is -0.379. The highest BCUT2D eigenvalue weighted by Crippen LogP contribution is 2.20. The molecular formula is C14H16FN3O2S. The minimum absolute atomic E-state index is 0.0623. The zero-order chi connectivity index (χ0) is 15.6. The zero-order valence-electron chi connectivity index (χ0n) is 11.7. The van der Waals surface area contributed by atoms with Crippen LogP contribution in [0.3, 0.4) is 0 Å². The van der Waals surface area contributed by atoms with E-state index in [9.17, 15) is 12.8 Å². The van der Waals surface area contributed by atoms with Crippen LogP contribution < -0.4 is 10.5 Å². The number of nitrogens with two attached hydrogens (primary N) is 1. The Morgan fingerprint density at radius 3 is 2.67 bits per heavy atom. The molecular weight excluding hydrogens is 293 g/mol. The molecule has 0 fully saturated rings. The number of nitrogen functional groups attached to an aromatic ring is 1. The van der Waals surface area contributed by atoms with Crippen LogP contribution in [0.1, 0.15) is 24.1 Å². The number of nitrogens with one attached hydrogen (secondary N) is 1. The van der Waals surface area contributed by atoms with Crippen molar-refractivity contribution in [2.45, 2.75) is 24.9 Å². The molecule has 0 spiro atoms. The Morgan fingerprint density at radius 2 is 2.05 bits per heavy atom. The molecule has 3 N–H and O–H groups in total. The number of benzene rings is 1. The highest BCUT2D eigenvalue weighted by atomic mass is 32.2. The van der Waals surface area contributed by atoms with E-state index in [4.69, 9.17) is 5.73 Å². The second-order valence-electron chi connectivity index (χ2n) is 4.75. The maximum absolute atomic E-state index is 13.5. The first kappa shape index (κ1) is 15.4. The van der Waals surface area contributed by atoms with Gasteiger partial charge in [0, 0.05) is 12.2 Å². The molecule has 1 aromatic heterocycles. The summed E-state index contributed by atoms with van der Waals surface area (Å²) in [5, 5.41) is -0.232. The van der Waals surface area contributed by atoms with Gasteiger partial charge in [-0.05, 0) is 43.2 Å². The van der Waals surface area contributed by atoms with Crippen molar-refractivity contribution >= 4 is 15.7 Å². The number of aromatic nitrogens is 1. The minimum atomic E-state index is -3.87. The molecule has 1 aromatic carbocycles. The summed E-state index contributed by atoms with van der Waals surface area (Å²) >= 11 is 0. The second-order valence-corrected chi connectivity index (χ2v) is 6.38. The third-order valence-corrected chi connectivity index (χ3v) is 4.60. The lowest BCUT2D eigenvalue weighted by atomic mass is 10.1. The van der Waals surface area contributed by atoms with Crippen LogP contribution in [0.15, 0.2) is 41.6 Å². The highest BCUT2D eigenvalue weighted by Gasteiger charge is 2.22. The first-order chi connectivity index (χ1) is 9.81. The third-order valence-electron chi connectivity index (χ3n) is 3.08. The first-order valence-corrected chi connectivity index (χ1v) is 7.78. The smallest absolute Gasteiger partial charge is 0.260 e. The number of sulfonamides is 1. The van der Waals surface area contributed by atoms with Crippen LogP contribution in [0.2, 0.25) is 0 Å². The molecule has 0 amide bonds. The Balaban J connectivity index is 2.28. The van der Waals surface area contributed by atoms with Crippen LogP contribution in [0.25, 0.3) is 0 Å². The van der Waals surface area contributed by atoms with E-state index in [0.29, 0.717) is 11.1 Å². The van der Waals surface area contributed by atoms with E-state index in [2.05, 4.69) is 9.71 Å². The SMILES string of the molecule is Cc1ccc(C(C)NS(=O)(=O)c2ncccc2N)cc1F. The van der Waals surface area contributed by atoms with E-state index in [1.54, 1.807) is 32.0 Å². The van der Waals surface area contributed by atoms with Gasteiger partial charge in [0.15, 0.2) is 5.03 Å². The van der Waals surface area contributed by atoms with Gasteiger partial charge < -0.3 is 5.73 Å². The number of halogens is 1. The predicted octanol–water partition coefficient (Wildman–Crippen LogP) is 2.15. The van der Waals surface area contributed by atoms with E-state index in [1.807, 2.05) is 0 Å². The summed E-state index contributed by atoms with van der Waals surface area (Å²) in [6.07, 6.45) is 1.35. The van der Waals surface area contributed by atoms with Gasteiger partial charge in [0.2, 0.25) is 0 Å². The molecule has 0 aliphatic rings. The summed E-state index contributed by atoms with van der Waals surface area (Å²) in [6, 6.07) is 6.99. The summed E-state index contributed by atoms with van der Waals surface area (Å²) < 4.78 is 40.5. The molecule has 2 rings (SSSR count). The molecule has 112 valence electrons. The van der Waals surface area contributed by atoms with E-state index < -0.39 is 16.1 Å². The number of rotatable bonds is 4. The number of anilines is 1. The van der Waals surface area contributed by atoms with Gasteiger partial charge in [-0.25, -0.2) is 22.5 Å². The van der Waals surface area contributed by atoms with Crippen molar-refractivity contribution in [3.05, 3.63) is 53.5 Å². The molecule has 0 saturated heterocycles. The normalized spacial score (nSPS) is 13.1. The fraction of sp³-hybridized carbons (Fsp3) is 0.214. The average molecular weight is 309 g/mol. The fourth-order valence-electron chi connectivity index (χ4n) is 1.86. The van der Waals surface area contributed by atoms with E-state index in [1.165, 1.54) is 18.3 Å². The van der Waals surface area contributed by atoms with Crippen molar-refractivity contribution in [1.82, 2.24) is 9.71 Å². The molecule has 1 unspecified atom stereocenters. The molecule has 1 atom stereocenters. The Hall–Kier alpha value is -1.99. The lowest BCUT2D eigenvalue weighted by Crippen LogP contribution is -2.28. The van der Waals surface area contributed by atoms with Gasteiger partial charge >= 0.3 is 0 Å². The number of aryl methyl sites for hydroxylation is 1. The van der Waals surface area contributed by atoms with Gasteiger partial charge in [0.05, 0.1) is 5.69 Å². The van der Waals surface area contributed by atoms with Crippen LogP contribution in [0.5, 0.6) is 0 Å². The lowest BCUT2D eigenvalue weighted by molar-refractivity contribution is 0.561. The van der Waals surface area contributed by atoms with E-state index >= 15 is 0 Å². The summed E-state index contributed by atoms with van der Waals surface area (Å²) in [5.41, 5.74) is 6.71. The quantitative estimate of drug-likeness (QED) is 0.906. The summed E-state index contributed by atoms with van der Waals surface area (Å²) in [4.78, 5) is 3.78. The van der Waals surface area contributed by atoms with Crippen LogP contribution in [0.4, 0.5) is 10.1 Å². The van der Waals surface area contributed by atoms with Crippen LogP contribution >= 0.6 is 0 Å². The van der Waals surface area contributed by atoms with E-state index in [0.717, 1.165) is 0 Å². The molecule has 5 nitrogen and oxygen atoms in total. The average Bonchev–Trinajstić information content (AvgIpc) is 2.41. The molecule has 0 saturated carbocycles. The molecule has 0 aliphatic heterocycles. The van der Waals surface area contributed by atoms with Gasteiger partial charge in [-0.1, -0.05) is 12.1 Å². The van der Waals surface area contributed by atoms with Crippen molar-refractivity contribution in [3.63, 3.8) is 0 Å². The Kier molecular flexibility index (Phi) is 4.24. The van der Waals surface area contributed by atoms with Gasteiger partial charge in [-0.15, -0.1) is 0 Å². The molecule has 1 heterocycles. The lowest BCUT2D eigenvalue weighted by Gasteiger charge is -2.15. The fourth-order valence-corrected chi connectivity index (χ4v) is 3.15. The molecule has 7 heteroatoms. The topological polar surface area (TPSA) is 85.1 Å². The molecule has 0 bridgehead atoms. The van der Waals surface area contributed by atoms with Gasteiger partial charge in [0.25, 0.3) is 10.0 Å². The summed E-state index contributed by atoms with van der Waals surface area (Å²) in [6.45, 7) is 3.27. The van der Waals surface area contributed by atoms with Crippen molar-refractivity contribution in [2.24, 2.45) is 0 Å². The van der Waals surface area contributed by atoms with Crippen molar-refractivity contribution in [3.8, 4) is 0 Å². The maximum atomic E-state index is 13.5. The number of hydrogen-bond donors (Lipinski definition) is 2. The minimum Gasteiger partial charge on any atom is -0.396 e. The van der Waals surface area contributed by atoms with Crippen molar-refractivity contribution < 1.29 is 12.8 Å². The summed E-state index contributed by atoms with van der Waals surface area (Å²) in [7, 11) is -3.87. The number of hydrogen-bond acceptors (Lipinski definition) is 4. The van der Waals surface area contributed by atoms with E-state index in [-0.39, 0.29) is 16.5 Å². The molecule has 0 aliphatic carbocycles. The Morgan fingerprint density at radius 1 is 1.33 bits per heavy atom.